The van der Waals surface area contributed by atoms with Gasteiger partial charge in [0.2, 0.25) is 12.7 Å². The predicted molar refractivity (Wildman–Crippen MR) is 95.4 cm³/mol. The average Bonchev–Trinajstić information content (AvgIpc) is 3.20. The summed E-state index contributed by atoms with van der Waals surface area (Å²) in [6, 6.07) is 10.6. The van der Waals surface area contributed by atoms with Gasteiger partial charge in [-0.1, -0.05) is 11.6 Å². The average molecular weight is 351 g/mol. The van der Waals surface area contributed by atoms with Gasteiger partial charge in [0.1, 0.15) is 0 Å². The van der Waals surface area contributed by atoms with Crippen molar-refractivity contribution in [3.05, 3.63) is 47.5 Å². The van der Waals surface area contributed by atoms with E-state index in [4.69, 9.17) is 9.47 Å². The fourth-order valence-corrected chi connectivity index (χ4v) is 3.04. The van der Waals surface area contributed by atoms with Gasteiger partial charge in [0.05, 0.1) is 5.52 Å². The highest BCUT2D eigenvalue weighted by Gasteiger charge is 2.18. The maximum atomic E-state index is 12.4. The van der Waals surface area contributed by atoms with Gasteiger partial charge in [0.25, 0.3) is 5.91 Å². The summed E-state index contributed by atoms with van der Waals surface area (Å²) in [5.41, 5.74) is 2.51. The van der Waals surface area contributed by atoms with Gasteiger partial charge in [0.15, 0.2) is 17.2 Å². The van der Waals surface area contributed by atoms with Gasteiger partial charge in [-0.25, -0.2) is 0 Å². The number of hydrogen-bond donors (Lipinski definition) is 1. The Morgan fingerprint density at radius 1 is 1.19 bits per heavy atom. The van der Waals surface area contributed by atoms with Crippen molar-refractivity contribution in [1.82, 2.24) is 4.57 Å². The van der Waals surface area contributed by atoms with Gasteiger partial charge >= 0.3 is 0 Å². The van der Waals surface area contributed by atoms with E-state index in [2.05, 4.69) is 10.2 Å². The fourth-order valence-electron chi connectivity index (χ4n) is 3.04. The van der Waals surface area contributed by atoms with Crippen LogP contribution in [0, 0.1) is 6.92 Å². The third-order valence-electron chi connectivity index (χ3n) is 4.34. The summed E-state index contributed by atoms with van der Waals surface area (Å²) < 4.78 is 12.2. The predicted octanol–water partition coefficient (Wildman–Crippen LogP) is 4.33. The Bertz CT molecular complexity index is 1050. The van der Waals surface area contributed by atoms with E-state index in [9.17, 15) is 9.90 Å². The summed E-state index contributed by atoms with van der Waals surface area (Å²) in [7, 11) is 0. The zero-order valence-electron chi connectivity index (χ0n) is 14.4. The molecule has 1 amide bonds. The number of benzene rings is 2. The van der Waals surface area contributed by atoms with E-state index in [0.29, 0.717) is 29.3 Å². The number of hydrogen-bond acceptors (Lipinski definition) is 5. The van der Waals surface area contributed by atoms with E-state index in [1.165, 1.54) is 0 Å². The van der Waals surface area contributed by atoms with Crippen LogP contribution in [0.5, 0.6) is 17.4 Å². The maximum Gasteiger partial charge on any atom is 0.295 e. The van der Waals surface area contributed by atoms with Crippen molar-refractivity contribution >= 4 is 22.5 Å². The van der Waals surface area contributed by atoms with E-state index in [1.54, 1.807) is 22.8 Å². The molecule has 0 radical (unpaired) electrons. The summed E-state index contributed by atoms with van der Waals surface area (Å²) >= 11 is 0. The molecule has 0 aliphatic carbocycles. The molecule has 0 bridgehead atoms. The van der Waals surface area contributed by atoms with Crippen LogP contribution in [0.4, 0.5) is 5.69 Å². The molecule has 1 aliphatic rings. The minimum absolute atomic E-state index is 0.00432. The van der Waals surface area contributed by atoms with Crippen LogP contribution in [0.2, 0.25) is 0 Å². The van der Waals surface area contributed by atoms with Gasteiger partial charge in [-0.3, -0.25) is 4.79 Å². The van der Waals surface area contributed by atoms with Crippen molar-refractivity contribution in [3.8, 4) is 17.4 Å². The number of aromatic hydroxyl groups is 1. The Labute approximate surface area is 149 Å². The van der Waals surface area contributed by atoms with Crippen LogP contribution >= 0.6 is 0 Å². The monoisotopic (exact) mass is 351 g/mol. The van der Waals surface area contributed by atoms with Crippen LogP contribution in [-0.4, -0.2) is 22.4 Å². The molecule has 0 atom stereocenters. The van der Waals surface area contributed by atoms with Crippen LogP contribution in [0.3, 0.4) is 0 Å². The van der Waals surface area contributed by atoms with Crippen molar-refractivity contribution in [2.24, 2.45) is 10.2 Å². The third kappa shape index (κ3) is 2.57. The molecule has 3 aromatic rings. The van der Waals surface area contributed by atoms with Gasteiger partial charge in [-0.2, -0.15) is 0 Å². The first-order valence-corrected chi connectivity index (χ1v) is 8.26. The number of azo groups is 1. The molecular weight excluding hydrogens is 334 g/mol. The van der Waals surface area contributed by atoms with Crippen molar-refractivity contribution in [3.63, 3.8) is 0 Å². The largest absolute Gasteiger partial charge is 0.493 e. The molecule has 4 rings (SSSR count). The van der Waals surface area contributed by atoms with E-state index >= 15 is 0 Å². The number of carbonyl (C=O) groups is 1. The number of fused-ring (bicyclic) bond motifs is 2. The Morgan fingerprint density at radius 3 is 2.81 bits per heavy atom. The Morgan fingerprint density at radius 2 is 2.00 bits per heavy atom. The quantitative estimate of drug-likeness (QED) is 0.712. The van der Waals surface area contributed by atoms with Gasteiger partial charge in [-0.15, -0.1) is 10.2 Å². The highest BCUT2D eigenvalue weighted by molar-refractivity contribution is 5.98. The van der Waals surface area contributed by atoms with Crippen LogP contribution < -0.4 is 9.47 Å². The Kier molecular flexibility index (Phi) is 3.84. The second kappa shape index (κ2) is 6.18. The smallest absolute Gasteiger partial charge is 0.295 e. The maximum absolute atomic E-state index is 12.4. The van der Waals surface area contributed by atoms with Crippen LogP contribution in [0.15, 0.2) is 46.6 Å². The van der Waals surface area contributed by atoms with Crippen molar-refractivity contribution in [2.45, 2.75) is 20.4 Å². The van der Waals surface area contributed by atoms with E-state index in [0.717, 1.165) is 16.5 Å². The number of aryl methyl sites for hydroxylation is 2. The first kappa shape index (κ1) is 16.1. The van der Waals surface area contributed by atoms with Gasteiger partial charge < -0.3 is 19.1 Å². The number of nitrogens with zero attached hydrogens (tertiary/aromatic N) is 3. The van der Waals surface area contributed by atoms with Crippen molar-refractivity contribution in [2.75, 3.05) is 6.79 Å². The molecule has 2 heterocycles. The summed E-state index contributed by atoms with van der Waals surface area (Å²) in [5.74, 6) is 0.577. The molecule has 26 heavy (non-hydrogen) atoms. The summed E-state index contributed by atoms with van der Waals surface area (Å²) in [4.78, 5) is 12.4. The normalized spacial score (nSPS) is 13.0. The molecule has 0 spiro atoms. The summed E-state index contributed by atoms with van der Waals surface area (Å²) in [6.07, 6.45) is 0. The zero-order valence-corrected chi connectivity index (χ0v) is 14.4. The molecule has 2 aromatic carbocycles. The summed E-state index contributed by atoms with van der Waals surface area (Å²) in [6.45, 7) is 4.60. The fraction of sp³-hybridized carbons (Fsp3) is 0.211. The third-order valence-corrected chi connectivity index (χ3v) is 4.34. The van der Waals surface area contributed by atoms with Gasteiger partial charge in [-0.05, 0) is 44.2 Å². The second-order valence-electron chi connectivity index (χ2n) is 6.01. The first-order chi connectivity index (χ1) is 12.6. The summed E-state index contributed by atoms with van der Waals surface area (Å²) in [5, 5.41) is 19.1. The molecule has 0 unspecified atom stereocenters. The molecule has 1 aromatic heterocycles. The molecule has 0 fully saturated rings. The molecule has 7 nitrogen and oxygen atoms in total. The zero-order chi connectivity index (χ0) is 18.3. The highest BCUT2D eigenvalue weighted by Crippen LogP contribution is 2.39. The Hall–Kier alpha value is -3.35. The van der Waals surface area contributed by atoms with Gasteiger partial charge in [0, 0.05) is 17.5 Å². The molecule has 7 heteroatoms. The van der Waals surface area contributed by atoms with Crippen LogP contribution in [-0.2, 0) is 6.54 Å². The number of aromatic nitrogens is 1. The SMILES string of the molecule is CCn1c(O)c(N=NC(=O)c2ccc3c(c2)OCO3)c2cc(C)ccc21. The molecule has 0 saturated carbocycles. The molecule has 132 valence electrons. The van der Waals surface area contributed by atoms with Crippen LogP contribution in [0.25, 0.3) is 10.9 Å². The number of carbonyl (C=O) groups excluding carboxylic acids is 1. The lowest BCUT2D eigenvalue weighted by atomic mass is 10.1. The lowest BCUT2D eigenvalue weighted by Gasteiger charge is -2.01. The highest BCUT2D eigenvalue weighted by atomic mass is 16.7. The van der Waals surface area contributed by atoms with Crippen molar-refractivity contribution < 1.29 is 19.4 Å². The van der Waals surface area contributed by atoms with Crippen LogP contribution in [0.1, 0.15) is 22.8 Å². The van der Waals surface area contributed by atoms with E-state index in [1.807, 2.05) is 32.0 Å². The molecular formula is C19H17N3O4. The Balaban J connectivity index is 1.71. The number of amides is 1. The second-order valence-corrected chi connectivity index (χ2v) is 6.01. The lowest BCUT2D eigenvalue weighted by Crippen LogP contribution is -1.94. The van der Waals surface area contributed by atoms with E-state index in [-0.39, 0.29) is 12.7 Å². The lowest BCUT2D eigenvalue weighted by molar-refractivity contribution is 0.0994. The first-order valence-electron chi connectivity index (χ1n) is 8.26. The minimum atomic E-state index is -0.521. The van der Waals surface area contributed by atoms with E-state index < -0.39 is 5.91 Å². The molecule has 1 aliphatic heterocycles. The number of ether oxygens (including phenoxy) is 2. The minimum Gasteiger partial charge on any atom is -0.493 e. The molecule has 0 saturated heterocycles. The topological polar surface area (TPSA) is 85.4 Å². The molecule has 1 N–H and O–H groups in total. The standard InChI is InChI=1S/C19H17N3O4/c1-3-22-14-6-4-11(2)8-13(14)17(19(22)24)20-21-18(23)12-5-7-15-16(9-12)26-10-25-15/h4-9,24H,3,10H2,1-2H3. The van der Waals surface area contributed by atoms with Crippen molar-refractivity contribution in [1.29, 1.82) is 0 Å². The number of rotatable bonds is 3.